The van der Waals surface area contributed by atoms with Crippen LogP contribution in [0.5, 0.6) is 0 Å². The zero-order chi connectivity index (χ0) is 8.97. The highest BCUT2D eigenvalue weighted by Crippen LogP contribution is 2.13. The molecule has 1 heterocycles. The van der Waals surface area contributed by atoms with E-state index in [1.54, 1.807) is 6.33 Å². The van der Waals surface area contributed by atoms with Crippen LogP contribution in [-0.4, -0.2) is 28.3 Å². The Balaban J connectivity index is 2.34. The predicted octanol–water partition coefficient (Wildman–Crippen LogP) is 1.99. The normalized spacial score (nSPS) is 12.9. The molecule has 0 spiro atoms. The standard InChI is InChI=1S/C7H12ClN3S/c1-6(8)3-4-11(2)7-9-5-10-12-7/h5-6H,3-4H2,1-2H3. The highest BCUT2D eigenvalue weighted by molar-refractivity contribution is 7.09. The molecule has 68 valence electrons. The van der Waals surface area contributed by atoms with Crippen molar-refractivity contribution in [2.24, 2.45) is 0 Å². The van der Waals surface area contributed by atoms with Crippen molar-refractivity contribution >= 4 is 28.3 Å². The van der Waals surface area contributed by atoms with Gasteiger partial charge in [0.15, 0.2) is 0 Å². The molecule has 1 unspecified atom stereocenters. The number of halogens is 1. The molecule has 3 nitrogen and oxygen atoms in total. The average Bonchev–Trinajstić information content (AvgIpc) is 2.51. The molecule has 0 fully saturated rings. The van der Waals surface area contributed by atoms with Gasteiger partial charge in [-0.05, 0) is 13.3 Å². The maximum absolute atomic E-state index is 5.82. The van der Waals surface area contributed by atoms with Crippen LogP contribution in [-0.2, 0) is 0 Å². The summed E-state index contributed by atoms with van der Waals surface area (Å²) >= 11 is 7.23. The van der Waals surface area contributed by atoms with Crippen molar-refractivity contribution < 1.29 is 0 Å². The lowest BCUT2D eigenvalue weighted by atomic mass is 10.3. The first-order valence-corrected chi connectivity index (χ1v) is 5.03. The maximum atomic E-state index is 5.82. The highest BCUT2D eigenvalue weighted by atomic mass is 35.5. The number of hydrogen-bond donors (Lipinski definition) is 0. The van der Waals surface area contributed by atoms with E-state index in [1.807, 2.05) is 14.0 Å². The molecule has 12 heavy (non-hydrogen) atoms. The molecule has 0 amide bonds. The van der Waals surface area contributed by atoms with Crippen molar-refractivity contribution in [3.63, 3.8) is 0 Å². The lowest BCUT2D eigenvalue weighted by molar-refractivity contribution is 0.771. The molecule has 0 N–H and O–H groups in total. The Hall–Kier alpha value is -0.350. The number of anilines is 1. The largest absolute Gasteiger partial charge is 0.350 e. The zero-order valence-corrected chi connectivity index (χ0v) is 8.77. The van der Waals surface area contributed by atoms with E-state index in [9.17, 15) is 0 Å². The summed E-state index contributed by atoms with van der Waals surface area (Å²) in [5.74, 6) is 0. The van der Waals surface area contributed by atoms with Crippen molar-refractivity contribution in [1.82, 2.24) is 9.36 Å². The van der Waals surface area contributed by atoms with Crippen LogP contribution in [0.1, 0.15) is 13.3 Å². The van der Waals surface area contributed by atoms with Gasteiger partial charge >= 0.3 is 0 Å². The fourth-order valence-corrected chi connectivity index (χ4v) is 1.41. The molecule has 1 rings (SSSR count). The lowest BCUT2D eigenvalue weighted by Gasteiger charge is -2.15. The number of aromatic nitrogens is 2. The Morgan fingerprint density at radius 1 is 1.75 bits per heavy atom. The van der Waals surface area contributed by atoms with Crippen molar-refractivity contribution in [2.45, 2.75) is 18.7 Å². The first-order valence-electron chi connectivity index (χ1n) is 3.82. The summed E-state index contributed by atoms with van der Waals surface area (Å²) in [6.45, 7) is 2.93. The summed E-state index contributed by atoms with van der Waals surface area (Å²) in [6.07, 6.45) is 2.54. The van der Waals surface area contributed by atoms with E-state index < -0.39 is 0 Å². The monoisotopic (exact) mass is 205 g/mol. The van der Waals surface area contributed by atoms with E-state index in [0.717, 1.165) is 18.1 Å². The van der Waals surface area contributed by atoms with Crippen molar-refractivity contribution in [3.05, 3.63) is 6.33 Å². The van der Waals surface area contributed by atoms with Gasteiger partial charge in [0.2, 0.25) is 5.13 Å². The van der Waals surface area contributed by atoms with Crippen LogP contribution in [0.15, 0.2) is 6.33 Å². The third-order valence-corrected chi connectivity index (χ3v) is 2.54. The molecule has 0 radical (unpaired) electrons. The van der Waals surface area contributed by atoms with E-state index in [2.05, 4.69) is 14.3 Å². The molecule has 0 bridgehead atoms. The second kappa shape index (κ2) is 4.62. The fraction of sp³-hybridized carbons (Fsp3) is 0.714. The predicted molar refractivity (Wildman–Crippen MR) is 53.1 cm³/mol. The molecule has 1 aromatic rings. The molecule has 5 heteroatoms. The van der Waals surface area contributed by atoms with Gasteiger partial charge in [0.1, 0.15) is 6.33 Å². The molecular formula is C7H12ClN3S. The number of alkyl halides is 1. The zero-order valence-electron chi connectivity index (χ0n) is 7.20. The third kappa shape index (κ3) is 2.95. The van der Waals surface area contributed by atoms with Crippen LogP contribution in [0.25, 0.3) is 0 Å². The Morgan fingerprint density at radius 3 is 3.00 bits per heavy atom. The second-order valence-electron chi connectivity index (χ2n) is 2.71. The first-order chi connectivity index (χ1) is 5.70. The summed E-state index contributed by atoms with van der Waals surface area (Å²) in [4.78, 5) is 6.15. The summed E-state index contributed by atoms with van der Waals surface area (Å²) in [5, 5.41) is 1.17. The van der Waals surface area contributed by atoms with Gasteiger partial charge in [-0.25, -0.2) is 4.98 Å². The van der Waals surface area contributed by atoms with E-state index >= 15 is 0 Å². The van der Waals surface area contributed by atoms with Crippen LogP contribution in [0.4, 0.5) is 5.13 Å². The molecule has 0 aliphatic heterocycles. The Bertz CT molecular complexity index is 212. The van der Waals surface area contributed by atoms with Crippen molar-refractivity contribution in [3.8, 4) is 0 Å². The topological polar surface area (TPSA) is 29.0 Å². The summed E-state index contributed by atoms with van der Waals surface area (Å²) < 4.78 is 3.93. The quantitative estimate of drug-likeness (QED) is 0.705. The van der Waals surface area contributed by atoms with E-state index in [-0.39, 0.29) is 5.38 Å². The van der Waals surface area contributed by atoms with Gasteiger partial charge in [0.05, 0.1) is 0 Å². The molecule has 1 atom stereocenters. The smallest absolute Gasteiger partial charge is 0.204 e. The lowest BCUT2D eigenvalue weighted by Crippen LogP contribution is -2.20. The summed E-state index contributed by atoms with van der Waals surface area (Å²) in [5.41, 5.74) is 0. The van der Waals surface area contributed by atoms with Gasteiger partial charge in [-0.15, -0.1) is 11.6 Å². The molecule has 1 aromatic heterocycles. The molecular weight excluding hydrogens is 194 g/mol. The number of nitrogens with zero attached hydrogens (tertiary/aromatic N) is 3. The van der Waals surface area contributed by atoms with Gasteiger partial charge in [0.25, 0.3) is 0 Å². The van der Waals surface area contributed by atoms with Gasteiger partial charge < -0.3 is 4.90 Å². The number of rotatable bonds is 4. The van der Waals surface area contributed by atoms with Crippen molar-refractivity contribution in [1.29, 1.82) is 0 Å². The highest BCUT2D eigenvalue weighted by Gasteiger charge is 2.04. The van der Waals surface area contributed by atoms with Crippen LogP contribution < -0.4 is 4.90 Å². The molecule has 0 aliphatic rings. The van der Waals surface area contributed by atoms with E-state index in [4.69, 9.17) is 11.6 Å². The maximum Gasteiger partial charge on any atom is 0.204 e. The minimum atomic E-state index is 0.223. The summed E-state index contributed by atoms with van der Waals surface area (Å²) in [6, 6.07) is 0. The van der Waals surface area contributed by atoms with Gasteiger partial charge in [-0.1, -0.05) is 0 Å². The van der Waals surface area contributed by atoms with E-state index in [1.165, 1.54) is 11.5 Å². The Morgan fingerprint density at radius 2 is 2.50 bits per heavy atom. The number of hydrogen-bond acceptors (Lipinski definition) is 4. The SMILES string of the molecule is CC(Cl)CCN(C)c1ncns1. The van der Waals surface area contributed by atoms with Gasteiger partial charge in [0, 0.05) is 30.5 Å². The molecule has 0 aromatic carbocycles. The van der Waals surface area contributed by atoms with E-state index in [0.29, 0.717) is 0 Å². The fourth-order valence-electron chi connectivity index (χ4n) is 0.803. The Labute approximate surface area is 81.5 Å². The average molecular weight is 206 g/mol. The van der Waals surface area contributed by atoms with Gasteiger partial charge in [-0.2, -0.15) is 4.37 Å². The third-order valence-electron chi connectivity index (χ3n) is 1.54. The van der Waals surface area contributed by atoms with Crippen LogP contribution in [0.3, 0.4) is 0 Å². The minimum absolute atomic E-state index is 0.223. The molecule has 0 aliphatic carbocycles. The van der Waals surface area contributed by atoms with Crippen LogP contribution in [0.2, 0.25) is 0 Å². The molecule has 0 saturated carbocycles. The van der Waals surface area contributed by atoms with Crippen LogP contribution >= 0.6 is 23.1 Å². The Kier molecular flexibility index (Phi) is 3.75. The van der Waals surface area contributed by atoms with Crippen molar-refractivity contribution in [2.75, 3.05) is 18.5 Å². The second-order valence-corrected chi connectivity index (χ2v) is 4.22. The molecule has 0 saturated heterocycles. The van der Waals surface area contributed by atoms with Gasteiger partial charge in [-0.3, -0.25) is 0 Å². The summed E-state index contributed by atoms with van der Waals surface area (Å²) in [7, 11) is 2.00. The minimum Gasteiger partial charge on any atom is -0.350 e. The first kappa shape index (κ1) is 9.74. The van der Waals surface area contributed by atoms with Crippen LogP contribution in [0, 0.1) is 0 Å².